The van der Waals surface area contributed by atoms with E-state index in [0.717, 1.165) is 29.0 Å². The highest BCUT2D eigenvalue weighted by Crippen LogP contribution is 2.45. The Morgan fingerprint density at radius 2 is 0.879 bits per heavy atom. The second kappa shape index (κ2) is 11.3. The van der Waals surface area contributed by atoms with Gasteiger partial charge in [-0.1, -0.05) is 13.8 Å². The van der Waals surface area contributed by atoms with E-state index in [1.54, 1.807) is 0 Å². The van der Waals surface area contributed by atoms with Crippen LogP contribution in [-0.2, 0) is 5.41 Å². The predicted molar refractivity (Wildman–Crippen MR) is 149 cm³/mol. The Morgan fingerprint density at radius 3 is 1.12 bits per heavy atom. The molecule has 2 aromatic carbocycles. The van der Waals surface area contributed by atoms with Crippen LogP contribution in [-0.4, -0.2) is 34.6 Å². The minimum absolute atomic E-state index is 0.0635. The first-order chi connectivity index (χ1) is 15.1. The van der Waals surface area contributed by atoms with Crippen LogP contribution in [0.1, 0.15) is 65.5 Å². The second-order valence-electron chi connectivity index (χ2n) is 9.83. The molecule has 0 aliphatic carbocycles. The molecule has 2 aromatic rings. The van der Waals surface area contributed by atoms with Gasteiger partial charge in [0, 0.05) is 31.5 Å². The predicted octanol–water partition coefficient (Wildman–Crippen LogP) is 8.14. The fourth-order valence-electron chi connectivity index (χ4n) is 3.40. The fraction of sp³-hybridized carbons (Fsp3) is 0.520. The van der Waals surface area contributed by atoms with Gasteiger partial charge in [-0.3, -0.25) is 0 Å². The van der Waals surface area contributed by atoms with Crippen molar-refractivity contribution in [1.82, 2.24) is 0 Å². The lowest BCUT2D eigenvalue weighted by atomic mass is 9.78. The van der Waals surface area contributed by atoms with Gasteiger partial charge in [0.15, 0.2) is 0 Å². The van der Waals surface area contributed by atoms with E-state index < -0.39 is 11.2 Å². The zero-order chi connectivity index (χ0) is 25.2. The quantitative estimate of drug-likeness (QED) is 0.261. The summed E-state index contributed by atoms with van der Waals surface area (Å²) in [5, 5.41) is 18.6. The normalized spacial score (nSPS) is 12.7. The van der Waals surface area contributed by atoms with Crippen LogP contribution in [0.2, 0.25) is 0 Å². The number of aliphatic hydroxyl groups excluding tert-OH is 2. The third kappa shape index (κ3) is 7.43. The summed E-state index contributed by atoms with van der Waals surface area (Å²) in [6, 6.07) is 8.30. The molecular weight excluding hydrogens is 684 g/mol. The van der Waals surface area contributed by atoms with E-state index in [9.17, 15) is 10.2 Å². The number of hydrogen-bond acceptors (Lipinski definition) is 4. The molecule has 0 fully saturated rings. The molecule has 0 bridgehead atoms. The maximum Gasteiger partial charge on any atom is 0.148 e. The van der Waals surface area contributed by atoms with Gasteiger partial charge in [0.1, 0.15) is 22.7 Å². The van der Waals surface area contributed by atoms with Crippen molar-refractivity contribution in [2.75, 3.05) is 13.2 Å². The van der Waals surface area contributed by atoms with Gasteiger partial charge in [0.25, 0.3) is 0 Å². The van der Waals surface area contributed by atoms with Gasteiger partial charge in [-0.05, 0) is 127 Å². The lowest BCUT2D eigenvalue weighted by molar-refractivity contribution is 0.0743. The van der Waals surface area contributed by atoms with Crippen LogP contribution in [0.15, 0.2) is 42.2 Å². The summed E-state index contributed by atoms with van der Waals surface area (Å²) >= 11 is 14.7. The molecule has 0 heterocycles. The van der Waals surface area contributed by atoms with Crippen molar-refractivity contribution in [3.05, 3.63) is 53.3 Å². The molecule has 0 aromatic heterocycles. The topological polar surface area (TPSA) is 58.9 Å². The van der Waals surface area contributed by atoms with E-state index in [1.165, 1.54) is 0 Å². The first-order valence-corrected chi connectivity index (χ1v) is 13.9. The molecule has 0 amide bonds. The number of halogens is 4. The summed E-state index contributed by atoms with van der Waals surface area (Å²) in [7, 11) is 0. The van der Waals surface area contributed by atoms with Gasteiger partial charge in [0.2, 0.25) is 0 Å². The van der Waals surface area contributed by atoms with Crippen LogP contribution in [0, 0.1) is 0 Å². The summed E-state index contributed by atoms with van der Waals surface area (Å²) in [6.07, 6.45) is 1.06. The first kappa shape index (κ1) is 29.1. The average Bonchev–Trinajstić information content (AvgIpc) is 2.67. The molecule has 0 spiro atoms. The molecular formula is C25H32Br4O4. The number of aliphatic hydroxyl groups is 2. The molecule has 0 atom stereocenters. The molecule has 8 heteroatoms. The second-order valence-corrected chi connectivity index (χ2v) is 13.3. The highest BCUT2D eigenvalue weighted by molar-refractivity contribution is 9.11. The molecule has 2 rings (SSSR count). The van der Waals surface area contributed by atoms with Crippen molar-refractivity contribution in [3.63, 3.8) is 0 Å². The Bertz CT molecular complexity index is 863. The van der Waals surface area contributed by atoms with Crippen molar-refractivity contribution in [2.45, 2.75) is 71.0 Å². The molecule has 0 unspecified atom stereocenters. The summed E-state index contributed by atoms with van der Waals surface area (Å²) < 4.78 is 15.8. The largest absolute Gasteiger partial charge is 0.485 e. The van der Waals surface area contributed by atoms with E-state index in [0.29, 0.717) is 24.3 Å². The molecule has 2 N–H and O–H groups in total. The highest BCUT2D eigenvalue weighted by Gasteiger charge is 2.30. The van der Waals surface area contributed by atoms with Crippen LogP contribution in [0.25, 0.3) is 0 Å². The minimum Gasteiger partial charge on any atom is -0.485 e. The molecule has 0 aliphatic rings. The van der Waals surface area contributed by atoms with Crippen molar-refractivity contribution in [2.24, 2.45) is 0 Å². The molecule has 0 aliphatic heterocycles. The van der Waals surface area contributed by atoms with Gasteiger partial charge in [-0.15, -0.1) is 0 Å². The number of benzene rings is 2. The Balaban J connectivity index is 2.44. The van der Waals surface area contributed by atoms with E-state index in [4.69, 9.17) is 9.47 Å². The highest BCUT2D eigenvalue weighted by atomic mass is 79.9. The lowest BCUT2D eigenvalue weighted by Gasteiger charge is -2.31. The first-order valence-electron chi connectivity index (χ1n) is 10.7. The Morgan fingerprint density at radius 1 is 0.606 bits per heavy atom. The number of rotatable bonds is 10. The van der Waals surface area contributed by atoms with Crippen molar-refractivity contribution < 1.29 is 19.7 Å². The number of ether oxygens (including phenoxy) is 2. The van der Waals surface area contributed by atoms with Crippen LogP contribution < -0.4 is 9.47 Å². The van der Waals surface area contributed by atoms with Crippen molar-refractivity contribution >= 4 is 63.7 Å². The third-order valence-corrected chi connectivity index (χ3v) is 7.98. The maximum atomic E-state index is 9.32. The molecule has 0 saturated heterocycles. The van der Waals surface area contributed by atoms with Gasteiger partial charge < -0.3 is 19.7 Å². The van der Waals surface area contributed by atoms with Crippen LogP contribution in [0.4, 0.5) is 0 Å². The summed E-state index contributed by atoms with van der Waals surface area (Å²) in [4.78, 5) is 0. The standard InChI is InChI=1S/C25H32Br4O4/c1-23(2,7-9-30)32-21-17(26)11-15(12-18(21)27)25(5,6)16-13-19(28)22(20(29)14-16)33-24(3,4)8-10-31/h11-14,30-31H,7-10H2,1-6H3. The smallest absolute Gasteiger partial charge is 0.148 e. The average molecular weight is 716 g/mol. The molecule has 0 radical (unpaired) electrons. The van der Waals surface area contributed by atoms with Crippen LogP contribution >= 0.6 is 63.7 Å². The summed E-state index contributed by atoms with van der Waals surface area (Å²) in [5.41, 5.74) is 0.885. The minimum atomic E-state index is -0.494. The number of hydrogen-bond donors (Lipinski definition) is 2. The zero-order valence-corrected chi connectivity index (χ0v) is 26.2. The van der Waals surface area contributed by atoms with Gasteiger partial charge in [0.05, 0.1) is 17.9 Å². The monoisotopic (exact) mass is 712 g/mol. The van der Waals surface area contributed by atoms with Crippen LogP contribution in [0.5, 0.6) is 11.5 Å². The SMILES string of the molecule is CC(C)(CCO)Oc1c(Br)cc(C(C)(C)c2cc(Br)c(OC(C)(C)CCO)c(Br)c2)cc1Br. The van der Waals surface area contributed by atoms with E-state index in [2.05, 4.69) is 102 Å². The molecule has 4 nitrogen and oxygen atoms in total. The van der Waals surface area contributed by atoms with Gasteiger partial charge in [-0.2, -0.15) is 0 Å². The zero-order valence-electron chi connectivity index (χ0n) is 19.9. The van der Waals surface area contributed by atoms with Crippen LogP contribution in [0.3, 0.4) is 0 Å². The maximum absolute atomic E-state index is 9.32. The van der Waals surface area contributed by atoms with E-state index >= 15 is 0 Å². The molecule has 184 valence electrons. The lowest BCUT2D eigenvalue weighted by Crippen LogP contribution is -2.30. The van der Waals surface area contributed by atoms with Crippen molar-refractivity contribution in [1.29, 1.82) is 0 Å². The molecule has 33 heavy (non-hydrogen) atoms. The Hall–Kier alpha value is -0.120. The van der Waals surface area contributed by atoms with Crippen molar-refractivity contribution in [3.8, 4) is 11.5 Å². The summed E-state index contributed by atoms with van der Waals surface area (Å²) in [6.45, 7) is 12.3. The Labute approximate surface area is 231 Å². The third-order valence-electron chi connectivity index (χ3n) is 5.62. The Kier molecular flexibility index (Phi) is 9.96. The van der Waals surface area contributed by atoms with E-state index in [-0.39, 0.29) is 18.6 Å². The summed E-state index contributed by atoms with van der Waals surface area (Å²) in [5.74, 6) is 1.43. The van der Waals surface area contributed by atoms with Gasteiger partial charge >= 0.3 is 0 Å². The fourth-order valence-corrected chi connectivity index (χ4v) is 6.09. The van der Waals surface area contributed by atoms with Gasteiger partial charge in [-0.25, -0.2) is 0 Å². The van der Waals surface area contributed by atoms with E-state index in [1.807, 2.05) is 27.7 Å². The molecule has 0 saturated carbocycles.